The van der Waals surface area contributed by atoms with E-state index >= 15 is 0 Å². The number of carbonyl (C=O) groups is 2. The van der Waals surface area contributed by atoms with Gasteiger partial charge in [0, 0.05) is 48.8 Å². The summed E-state index contributed by atoms with van der Waals surface area (Å²) in [4.78, 5) is 26.3. The number of rotatable bonds is 2. The number of halogens is 1. The molecule has 1 aliphatic heterocycles. The van der Waals surface area contributed by atoms with E-state index in [4.69, 9.17) is 0 Å². The lowest BCUT2D eigenvalue weighted by Crippen LogP contribution is -2.48. The van der Waals surface area contributed by atoms with Crippen LogP contribution in [0.25, 0.3) is 0 Å². The zero-order chi connectivity index (χ0) is 13.1. The maximum Gasteiger partial charge on any atom is 0.219 e. The molecule has 0 N–H and O–H groups in total. The predicted molar refractivity (Wildman–Crippen MR) is 74.0 cm³/mol. The average molecular weight is 311 g/mol. The molecule has 1 aromatic rings. The highest BCUT2D eigenvalue weighted by Crippen LogP contribution is 2.24. The van der Waals surface area contributed by atoms with Gasteiger partial charge in [-0.05, 0) is 18.2 Å². The SMILES string of the molecule is CC(=O)N1CCN(c2ccc(Br)cc2C=O)CC1. The number of amides is 1. The number of aldehydes is 1. The molecule has 0 radical (unpaired) electrons. The Morgan fingerprint density at radius 1 is 1.28 bits per heavy atom. The minimum absolute atomic E-state index is 0.112. The molecule has 1 fully saturated rings. The van der Waals surface area contributed by atoms with Gasteiger partial charge in [-0.1, -0.05) is 15.9 Å². The molecule has 0 atom stereocenters. The summed E-state index contributed by atoms with van der Waals surface area (Å²) in [5.74, 6) is 0.112. The van der Waals surface area contributed by atoms with Gasteiger partial charge in [0.15, 0.2) is 6.29 Å². The fourth-order valence-electron chi connectivity index (χ4n) is 2.17. The van der Waals surface area contributed by atoms with E-state index in [-0.39, 0.29) is 5.91 Å². The van der Waals surface area contributed by atoms with Gasteiger partial charge in [0.2, 0.25) is 5.91 Å². The van der Waals surface area contributed by atoms with Crippen molar-refractivity contribution in [1.82, 2.24) is 4.90 Å². The highest BCUT2D eigenvalue weighted by atomic mass is 79.9. The number of hydrogen-bond donors (Lipinski definition) is 0. The van der Waals surface area contributed by atoms with Gasteiger partial charge in [-0.3, -0.25) is 9.59 Å². The number of benzene rings is 1. The number of carbonyl (C=O) groups excluding carboxylic acids is 2. The average Bonchev–Trinajstić information content (AvgIpc) is 2.38. The Bertz CT molecular complexity index is 468. The smallest absolute Gasteiger partial charge is 0.219 e. The van der Waals surface area contributed by atoms with Gasteiger partial charge in [0.05, 0.1) is 0 Å². The molecule has 0 unspecified atom stereocenters. The van der Waals surface area contributed by atoms with Gasteiger partial charge >= 0.3 is 0 Å². The molecule has 1 aromatic carbocycles. The van der Waals surface area contributed by atoms with Crippen LogP contribution in [0.15, 0.2) is 22.7 Å². The summed E-state index contributed by atoms with van der Waals surface area (Å²) in [7, 11) is 0. The monoisotopic (exact) mass is 310 g/mol. The lowest BCUT2D eigenvalue weighted by molar-refractivity contribution is -0.129. The Labute approximate surface area is 115 Å². The van der Waals surface area contributed by atoms with Crippen molar-refractivity contribution in [3.05, 3.63) is 28.2 Å². The van der Waals surface area contributed by atoms with Crippen molar-refractivity contribution in [1.29, 1.82) is 0 Å². The van der Waals surface area contributed by atoms with Crippen LogP contribution in [0.4, 0.5) is 5.69 Å². The van der Waals surface area contributed by atoms with Crippen LogP contribution >= 0.6 is 15.9 Å². The normalized spacial score (nSPS) is 15.7. The van der Waals surface area contributed by atoms with E-state index in [1.165, 1.54) is 0 Å². The third kappa shape index (κ3) is 2.72. The fraction of sp³-hybridized carbons (Fsp3) is 0.385. The summed E-state index contributed by atoms with van der Waals surface area (Å²) in [6.45, 7) is 4.55. The largest absolute Gasteiger partial charge is 0.367 e. The molecule has 0 aliphatic carbocycles. The summed E-state index contributed by atoms with van der Waals surface area (Å²) in [5, 5.41) is 0. The number of anilines is 1. The van der Waals surface area contributed by atoms with Crippen molar-refractivity contribution in [3.8, 4) is 0 Å². The molecule has 1 aliphatic rings. The summed E-state index contributed by atoms with van der Waals surface area (Å²) < 4.78 is 0.899. The van der Waals surface area contributed by atoms with E-state index in [1.807, 2.05) is 23.1 Å². The fourth-order valence-corrected chi connectivity index (χ4v) is 2.55. The Morgan fingerprint density at radius 3 is 2.50 bits per heavy atom. The maximum atomic E-state index is 11.3. The number of hydrogen-bond acceptors (Lipinski definition) is 3. The Hall–Kier alpha value is -1.36. The van der Waals surface area contributed by atoms with E-state index in [2.05, 4.69) is 20.8 Å². The molecular weight excluding hydrogens is 296 g/mol. The van der Waals surface area contributed by atoms with Crippen molar-refractivity contribution in [2.75, 3.05) is 31.1 Å². The van der Waals surface area contributed by atoms with Crippen LogP contribution in [-0.2, 0) is 4.79 Å². The second-order valence-corrected chi connectivity index (χ2v) is 5.23. The Kier molecular flexibility index (Phi) is 4.01. The van der Waals surface area contributed by atoms with Crippen LogP contribution in [0.5, 0.6) is 0 Å². The molecule has 0 spiro atoms. The summed E-state index contributed by atoms with van der Waals surface area (Å²) in [6, 6.07) is 5.69. The molecule has 0 saturated carbocycles. The first-order valence-corrected chi connectivity index (χ1v) is 6.66. The quantitative estimate of drug-likeness (QED) is 0.784. The van der Waals surface area contributed by atoms with Gasteiger partial charge in [-0.25, -0.2) is 0 Å². The van der Waals surface area contributed by atoms with Gasteiger partial charge < -0.3 is 9.80 Å². The van der Waals surface area contributed by atoms with E-state index in [1.54, 1.807) is 6.92 Å². The Balaban J connectivity index is 2.14. The standard InChI is InChI=1S/C13H15BrN2O2/c1-10(18)15-4-6-16(7-5-15)13-3-2-12(14)8-11(13)9-17/h2-3,8-9H,4-7H2,1H3. The summed E-state index contributed by atoms with van der Waals surface area (Å²) >= 11 is 3.36. The topological polar surface area (TPSA) is 40.6 Å². The van der Waals surface area contributed by atoms with Crippen molar-refractivity contribution in [2.45, 2.75) is 6.92 Å². The van der Waals surface area contributed by atoms with E-state index < -0.39 is 0 Å². The van der Waals surface area contributed by atoms with Crippen molar-refractivity contribution in [3.63, 3.8) is 0 Å². The third-order valence-electron chi connectivity index (χ3n) is 3.18. The van der Waals surface area contributed by atoms with Crippen molar-refractivity contribution < 1.29 is 9.59 Å². The number of piperazine rings is 1. The first kappa shape index (κ1) is 13.1. The van der Waals surface area contributed by atoms with E-state index in [0.717, 1.165) is 29.5 Å². The molecular formula is C13H15BrN2O2. The predicted octanol–water partition coefficient (Wildman–Crippen LogP) is 1.93. The van der Waals surface area contributed by atoms with E-state index in [9.17, 15) is 9.59 Å². The van der Waals surface area contributed by atoms with Crippen molar-refractivity contribution >= 4 is 33.8 Å². The lowest BCUT2D eigenvalue weighted by Gasteiger charge is -2.36. The summed E-state index contributed by atoms with van der Waals surface area (Å²) in [5.41, 5.74) is 1.62. The Morgan fingerprint density at radius 2 is 1.94 bits per heavy atom. The van der Waals surface area contributed by atoms with Crippen LogP contribution in [0, 0.1) is 0 Å². The first-order valence-electron chi connectivity index (χ1n) is 5.87. The molecule has 0 aromatic heterocycles. The van der Waals surface area contributed by atoms with Gasteiger partial charge in [-0.2, -0.15) is 0 Å². The molecule has 96 valence electrons. The van der Waals surface area contributed by atoms with Crippen molar-refractivity contribution in [2.24, 2.45) is 0 Å². The third-order valence-corrected chi connectivity index (χ3v) is 3.68. The molecule has 18 heavy (non-hydrogen) atoms. The van der Waals surface area contributed by atoms with Crippen LogP contribution in [0.2, 0.25) is 0 Å². The minimum atomic E-state index is 0.112. The van der Waals surface area contributed by atoms with E-state index in [0.29, 0.717) is 18.7 Å². The molecule has 1 heterocycles. The lowest BCUT2D eigenvalue weighted by atomic mass is 10.1. The number of nitrogens with zero attached hydrogens (tertiary/aromatic N) is 2. The van der Waals surface area contributed by atoms with Crippen LogP contribution in [-0.4, -0.2) is 43.3 Å². The minimum Gasteiger partial charge on any atom is -0.367 e. The highest BCUT2D eigenvalue weighted by molar-refractivity contribution is 9.10. The molecule has 2 rings (SSSR count). The van der Waals surface area contributed by atoms with Gasteiger partial charge in [0.1, 0.15) is 0 Å². The molecule has 5 heteroatoms. The second-order valence-electron chi connectivity index (χ2n) is 4.31. The first-order chi connectivity index (χ1) is 8.61. The van der Waals surface area contributed by atoms with Crippen LogP contribution in [0.1, 0.15) is 17.3 Å². The van der Waals surface area contributed by atoms with Gasteiger partial charge in [0.25, 0.3) is 0 Å². The summed E-state index contributed by atoms with van der Waals surface area (Å²) in [6.07, 6.45) is 0.872. The highest BCUT2D eigenvalue weighted by Gasteiger charge is 2.20. The molecule has 0 bridgehead atoms. The maximum absolute atomic E-state index is 11.3. The zero-order valence-electron chi connectivity index (χ0n) is 10.2. The molecule has 1 amide bonds. The van der Waals surface area contributed by atoms with Crippen LogP contribution in [0.3, 0.4) is 0 Å². The van der Waals surface area contributed by atoms with Gasteiger partial charge in [-0.15, -0.1) is 0 Å². The van der Waals surface area contributed by atoms with Crippen LogP contribution < -0.4 is 4.90 Å². The molecule has 1 saturated heterocycles. The zero-order valence-corrected chi connectivity index (χ0v) is 11.8. The molecule has 4 nitrogen and oxygen atoms in total. The second kappa shape index (κ2) is 5.52.